The molecule has 1 aromatic carbocycles. The zero-order valence-electron chi connectivity index (χ0n) is 15.1. The van der Waals surface area contributed by atoms with Crippen LogP contribution >= 0.6 is 0 Å². The molecule has 0 bridgehead atoms. The summed E-state index contributed by atoms with van der Waals surface area (Å²) in [4.78, 5) is 43.0. The van der Waals surface area contributed by atoms with Gasteiger partial charge in [-0.25, -0.2) is 4.79 Å². The molecular formula is C18H19N5O4. The van der Waals surface area contributed by atoms with Crippen molar-refractivity contribution in [2.45, 2.75) is 13.2 Å². The summed E-state index contributed by atoms with van der Waals surface area (Å²) in [5, 5.41) is 0. The number of benzene rings is 1. The smallest absolute Gasteiger partial charge is 0.332 e. The highest BCUT2D eigenvalue weighted by molar-refractivity contribution is 5.79. The number of aryl methyl sites for hydroxylation is 1. The van der Waals surface area contributed by atoms with Crippen LogP contribution in [0.4, 0.5) is 5.95 Å². The van der Waals surface area contributed by atoms with Crippen LogP contribution in [-0.4, -0.2) is 37.7 Å². The van der Waals surface area contributed by atoms with Crippen molar-refractivity contribution in [3.05, 3.63) is 56.7 Å². The quantitative estimate of drug-likeness (QED) is 0.601. The molecule has 0 N–H and O–H groups in total. The average Bonchev–Trinajstić information content (AvgIpc) is 3.24. The fraction of sp³-hybridized carbons (Fsp3) is 0.333. The van der Waals surface area contributed by atoms with Crippen molar-refractivity contribution in [1.82, 2.24) is 18.7 Å². The second kappa shape index (κ2) is 6.42. The van der Waals surface area contributed by atoms with E-state index in [0.717, 1.165) is 10.1 Å². The lowest BCUT2D eigenvalue weighted by Gasteiger charge is -2.14. The van der Waals surface area contributed by atoms with Crippen LogP contribution in [0.2, 0.25) is 0 Å². The van der Waals surface area contributed by atoms with Crippen molar-refractivity contribution in [1.29, 1.82) is 0 Å². The Balaban J connectivity index is 1.58. The molecule has 4 rings (SSSR count). The highest BCUT2D eigenvalue weighted by Gasteiger charge is 2.28. The summed E-state index contributed by atoms with van der Waals surface area (Å²) in [6.45, 7) is 1.30. The maximum Gasteiger partial charge on any atom is 0.332 e. The first-order valence-electron chi connectivity index (χ1n) is 8.58. The lowest BCUT2D eigenvalue weighted by Crippen LogP contribution is -2.37. The van der Waals surface area contributed by atoms with Crippen molar-refractivity contribution in [3.63, 3.8) is 0 Å². The van der Waals surface area contributed by atoms with E-state index in [0.29, 0.717) is 30.2 Å². The minimum absolute atomic E-state index is 0.0322. The molecule has 0 fully saturated rings. The molecule has 1 aliphatic heterocycles. The Morgan fingerprint density at radius 2 is 1.85 bits per heavy atom. The van der Waals surface area contributed by atoms with Crippen LogP contribution < -0.4 is 16.1 Å². The first kappa shape index (κ1) is 17.1. The largest absolute Gasteiger partial charge is 0.459 e. The van der Waals surface area contributed by atoms with E-state index in [9.17, 15) is 14.4 Å². The third kappa shape index (κ3) is 2.80. The molecule has 0 saturated carbocycles. The number of hydrogen-bond donors (Lipinski definition) is 0. The molecule has 140 valence electrons. The molecule has 0 aliphatic carbocycles. The Labute approximate surface area is 154 Å². The molecule has 1 aliphatic rings. The molecule has 0 atom stereocenters. The number of hydrogen-bond acceptors (Lipinski definition) is 6. The van der Waals surface area contributed by atoms with E-state index >= 15 is 0 Å². The summed E-state index contributed by atoms with van der Waals surface area (Å²) in [6.07, 6.45) is 0. The Morgan fingerprint density at radius 3 is 2.59 bits per heavy atom. The maximum absolute atomic E-state index is 12.5. The minimum atomic E-state index is -0.432. The van der Waals surface area contributed by atoms with Gasteiger partial charge in [-0.05, 0) is 5.56 Å². The predicted molar refractivity (Wildman–Crippen MR) is 98.7 cm³/mol. The van der Waals surface area contributed by atoms with E-state index in [4.69, 9.17) is 4.74 Å². The van der Waals surface area contributed by atoms with Gasteiger partial charge >= 0.3 is 11.7 Å². The molecule has 3 aromatic rings. The van der Waals surface area contributed by atoms with Crippen LogP contribution in [0.3, 0.4) is 0 Å². The lowest BCUT2D eigenvalue weighted by molar-refractivity contribution is -0.143. The molecule has 0 saturated heterocycles. The maximum atomic E-state index is 12.5. The second-order valence-corrected chi connectivity index (χ2v) is 6.51. The average molecular weight is 369 g/mol. The molecule has 0 unspecified atom stereocenters. The van der Waals surface area contributed by atoms with Crippen LogP contribution in [0, 0.1) is 0 Å². The lowest BCUT2D eigenvalue weighted by atomic mass is 10.2. The van der Waals surface area contributed by atoms with Gasteiger partial charge in [0.05, 0.1) is 0 Å². The number of ether oxygens (including phenoxy) is 1. The van der Waals surface area contributed by atoms with Gasteiger partial charge in [-0.1, -0.05) is 30.3 Å². The van der Waals surface area contributed by atoms with Gasteiger partial charge in [0.2, 0.25) is 5.95 Å². The van der Waals surface area contributed by atoms with E-state index in [2.05, 4.69) is 4.98 Å². The molecule has 9 heteroatoms. The summed E-state index contributed by atoms with van der Waals surface area (Å²) >= 11 is 0. The number of anilines is 1. The third-order valence-corrected chi connectivity index (χ3v) is 4.77. The monoisotopic (exact) mass is 369 g/mol. The number of rotatable bonds is 4. The van der Waals surface area contributed by atoms with Crippen LogP contribution in [0.1, 0.15) is 5.56 Å². The van der Waals surface area contributed by atoms with Crippen LogP contribution in [0.15, 0.2) is 39.9 Å². The van der Waals surface area contributed by atoms with Crippen LogP contribution in [0.5, 0.6) is 0 Å². The van der Waals surface area contributed by atoms with Crippen molar-refractivity contribution in [2.75, 3.05) is 18.0 Å². The zero-order valence-corrected chi connectivity index (χ0v) is 15.1. The number of fused-ring (bicyclic) bond motifs is 3. The van der Waals surface area contributed by atoms with Gasteiger partial charge in [0.1, 0.15) is 13.2 Å². The Kier molecular flexibility index (Phi) is 4.06. The Morgan fingerprint density at radius 1 is 1.11 bits per heavy atom. The topological polar surface area (TPSA) is 91.4 Å². The van der Waals surface area contributed by atoms with Crippen LogP contribution in [0.25, 0.3) is 11.2 Å². The summed E-state index contributed by atoms with van der Waals surface area (Å²) < 4.78 is 9.48. The fourth-order valence-electron chi connectivity index (χ4n) is 3.30. The number of imidazole rings is 1. The number of aromatic nitrogens is 4. The van der Waals surface area contributed by atoms with E-state index in [1.54, 1.807) is 16.5 Å². The first-order chi connectivity index (χ1) is 13.0. The standard InChI is InChI=1S/C18H19N5O4/c1-20-15-14(16(25)21(2)18(20)26)23-9-8-22(17(23)19-15)10-13(24)27-11-12-6-4-3-5-7-12/h3-7H,8-11H2,1-2H3. The van der Waals surface area contributed by atoms with Gasteiger partial charge in [0, 0.05) is 27.2 Å². The molecule has 9 nitrogen and oxygen atoms in total. The molecule has 0 spiro atoms. The summed E-state index contributed by atoms with van der Waals surface area (Å²) in [5.41, 5.74) is 0.784. The predicted octanol–water partition coefficient (Wildman–Crippen LogP) is -0.00290. The van der Waals surface area contributed by atoms with E-state index in [1.165, 1.54) is 11.6 Å². The highest BCUT2D eigenvalue weighted by atomic mass is 16.5. The molecule has 2 aromatic heterocycles. The van der Waals surface area contributed by atoms with E-state index < -0.39 is 5.69 Å². The van der Waals surface area contributed by atoms with E-state index in [1.807, 2.05) is 30.3 Å². The fourth-order valence-corrected chi connectivity index (χ4v) is 3.30. The molecular weight excluding hydrogens is 350 g/mol. The van der Waals surface area contributed by atoms with Gasteiger partial charge in [-0.15, -0.1) is 0 Å². The normalized spacial score (nSPS) is 13.2. The third-order valence-electron chi connectivity index (χ3n) is 4.77. The Hall–Kier alpha value is -3.36. The van der Waals surface area contributed by atoms with Crippen LogP contribution in [-0.2, 0) is 36.8 Å². The van der Waals surface area contributed by atoms with Crippen molar-refractivity contribution >= 4 is 23.1 Å². The van der Waals surface area contributed by atoms with Crippen molar-refractivity contribution in [3.8, 4) is 0 Å². The highest BCUT2D eigenvalue weighted by Crippen LogP contribution is 2.24. The summed E-state index contributed by atoms with van der Waals surface area (Å²) in [5.74, 6) is 0.126. The number of carbonyl (C=O) groups is 1. The summed E-state index contributed by atoms with van der Waals surface area (Å²) in [7, 11) is 3.02. The SMILES string of the molecule is Cn1c(=O)c2c(nc3n2CCN3CC(=O)OCc2ccccc2)n(C)c1=O. The van der Waals surface area contributed by atoms with Gasteiger partial charge in [0.15, 0.2) is 11.2 Å². The van der Waals surface area contributed by atoms with Gasteiger partial charge < -0.3 is 14.2 Å². The van der Waals surface area contributed by atoms with Crippen molar-refractivity contribution < 1.29 is 9.53 Å². The minimum Gasteiger partial charge on any atom is -0.459 e. The number of esters is 1. The Bertz CT molecular complexity index is 1140. The van der Waals surface area contributed by atoms with Crippen molar-refractivity contribution in [2.24, 2.45) is 14.1 Å². The molecule has 0 amide bonds. The van der Waals surface area contributed by atoms with Gasteiger partial charge in [-0.2, -0.15) is 4.98 Å². The summed E-state index contributed by atoms with van der Waals surface area (Å²) in [6, 6.07) is 9.45. The molecule has 3 heterocycles. The van der Waals surface area contributed by atoms with E-state index in [-0.39, 0.29) is 24.7 Å². The second-order valence-electron chi connectivity index (χ2n) is 6.51. The van der Waals surface area contributed by atoms with Gasteiger partial charge in [0.25, 0.3) is 5.56 Å². The number of nitrogens with zero attached hydrogens (tertiary/aromatic N) is 5. The molecule has 27 heavy (non-hydrogen) atoms. The first-order valence-corrected chi connectivity index (χ1v) is 8.58. The number of carbonyl (C=O) groups excluding carboxylic acids is 1. The molecule has 0 radical (unpaired) electrons. The zero-order chi connectivity index (χ0) is 19.1. The van der Waals surface area contributed by atoms with Gasteiger partial charge in [-0.3, -0.25) is 18.7 Å².